The number of nitrogens with one attached hydrogen (secondary N) is 1. The van der Waals surface area contributed by atoms with Crippen LogP contribution in [0.5, 0.6) is 0 Å². The fourth-order valence-corrected chi connectivity index (χ4v) is 2.71. The van der Waals surface area contributed by atoms with E-state index in [1.54, 1.807) is 0 Å². The van der Waals surface area contributed by atoms with E-state index in [1.165, 1.54) is 12.1 Å². The van der Waals surface area contributed by atoms with Crippen molar-refractivity contribution in [3.05, 3.63) is 22.2 Å². The normalized spacial score (nSPS) is 16.2. The van der Waals surface area contributed by atoms with Gasteiger partial charge in [-0.2, -0.15) is 11.8 Å². The number of thioether (sulfide) groups is 1. The SMILES string of the molecule is NNc1cc([N+](=O)[O-])cc(N2CCCSCC2)n1. The predicted octanol–water partition coefficient (Wildman–Crippen LogP) is 1.22. The zero-order chi connectivity index (χ0) is 13.0. The van der Waals surface area contributed by atoms with Crippen LogP contribution in [-0.2, 0) is 0 Å². The number of aromatic nitrogens is 1. The molecule has 0 amide bonds. The van der Waals surface area contributed by atoms with Crippen LogP contribution in [-0.4, -0.2) is 34.5 Å². The molecule has 1 aromatic heterocycles. The monoisotopic (exact) mass is 269 g/mol. The fourth-order valence-electron chi connectivity index (χ4n) is 1.82. The molecule has 2 heterocycles. The summed E-state index contributed by atoms with van der Waals surface area (Å²) in [5.41, 5.74) is 2.37. The molecule has 3 N–H and O–H groups in total. The van der Waals surface area contributed by atoms with E-state index < -0.39 is 4.92 Å². The summed E-state index contributed by atoms with van der Waals surface area (Å²) in [6.45, 7) is 1.72. The largest absolute Gasteiger partial charge is 0.355 e. The van der Waals surface area contributed by atoms with Crippen molar-refractivity contribution in [2.45, 2.75) is 6.42 Å². The summed E-state index contributed by atoms with van der Waals surface area (Å²) < 4.78 is 0. The molecule has 0 aromatic carbocycles. The summed E-state index contributed by atoms with van der Waals surface area (Å²) in [4.78, 5) is 16.8. The number of anilines is 2. The van der Waals surface area contributed by atoms with Gasteiger partial charge in [-0.1, -0.05) is 0 Å². The van der Waals surface area contributed by atoms with Crippen molar-refractivity contribution >= 4 is 29.1 Å². The third kappa shape index (κ3) is 3.02. The van der Waals surface area contributed by atoms with E-state index in [2.05, 4.69) is 15.3 Å². The first-order valence-electron chi connectivity index (χ1n) is 5.66. The Balaban J connectivity index is 2.29. The Morgan fingerprint density at radius 2 is 2.28 bits per heavy atom. The van der Waals surface area contributed by atoms with E-state index in [1.807, 2.05) is 11.8 Å². The highest BCUT2D eigenvalue weighted by molar-refractivity contribution is 7.99. The molecule has 0 unspecified atom stereocenters. The molecule has 0 aliphatic carbocycles. The van der Waals surface area contributed by atoms with Crippen LogP contribution < -0.4 is 16.2 Å². The average Bonchev–Trinajstić information content (AvgIpc) is 2.67. The molecule has 98 valence electrons. The quantitative estimate of drug-likeness (QED) is 0.483. The lowest BCUT2D eigenvalue weighted by molar-refractivity contribution is -0.384. The van der Waals surface area contributed by atoms with Gasteiger partial charge in [0, 0.05) is 18.8 Å². The van der Waals surface area contributed by atoms with Gasteiger partial charge < -0.3 is 10.3 Å². The lowest BCUT2D eigenvalue weighted by atomic mass is 10.3. The topological polar surface area (TPSA) is 97.3 Å². The highest BCUT2D eigenvalue weighted by atomic mass is 32.2. The molecule has 1 aliphatic rings. The molecular weight excluding hydrogens is 254 g/mol. The van der Waals surface area contributed by atoms with Gasteiger partial charge in [-0.15, -0.1) is 0 Å². The fraction of sp³-hybridized carbons (Fsp3) is 0.500. The Hall–Kier alpha value is -1.54. The Morgan fingerprint density at radius 1 is 1.44 bits per heavy atom. The van der Waals surface area contributed by atoms with E-state index in [0.29, 0.717) is 11.6 Å². The molecular formula is C10H15N5O2S. The van der Waals surface area contributed by atoms with E-state index in [9.17, 15) is 10.1 Å². The van der Waals surface area contributed by atoms with E-state index >= 15 is 0 Å². The molecule has 1 aliphatic heterocycles. The van der Waals surface area contributed by atoms with Crippen LogP contribution in [0.2, 0.25) is 0 Å². The third-order valence-corrected chi connectivity index (χ3v) is 3.75. The third-order valence-electron chi connectivity index (χ3n) is 2.70. The molecule has 0 radical (unpaired) electrons. The summed E-state index contributed by atoms with van der Waals surface area (Å²) in [5, 5.41) is 10.9. The second-order valence-corrected chi connectivity index (χ2v) is 5.15. The van der Waals surface area contributed by atoms with Crippen molar-refractivity contribution in [2.24, 2.45) is 5.84 Å². The maximum absolute atomic E-state index is 10.9. The average molecular weight is 269 g/mol. The number of hydrogen-bond donors (Lipinski definition) is 2. The van der Waals surface area contributed by atoms with E-state index in [-0.39, 0.29) is 5.69 Å². The molecule has 18 heavy (non-hydrogen) atoms. The molecule has 1 aromatic rings. The maximum atomic E-state index is 10.9. The lowest BCUT2D eigenvalue weighted by Gasteiger charge is -2.21. The minimum absolute atomic E-state index is 0.00449. The van der Waals surface area contributed by atoms with Gasteiger partial charge in [0.25, 0.3) is 5.69 Å². The van der Waals surface area contributed by atoms with E-state index in [0.717, 1.165) is 31.0 Å². The van der Waals surface area contributed by atoms with Crippen molar-refractivity contribution in [1.82, 2.24) is 4.98 Å². The van der Waals surface area contributed by atoms with Crippen LogP contribution in [0.1, 0.15) is 6.42 Å². The second-order valence-electron chi connectivity index (χ2n) is 3.92. The van der Waals surface area contributed by atoms with Crippen molar-refractivity contribution < 1.29 is 4.92 Å². The van der Waals surface area contributed by atoms with Gasteiger partial charge in [0.1, 0.15) is 11.6 Å². The molecule has 1 fully saturated rings. The summed E-state index contributed by atoms with van der Waals surface area (Å²) >= 11 is 1.89. The van der Waals surface area contributed by atoms with Crippen molar-refractivity contribution in [3.63, 3.8) is 0 Å². The predicted molar refractivity (Wildman–Crippen MR) is 72.9 cm³/mol. The number of nitrogens with two attached hydrogens (primary N) is 1. The number of nitrogen functional groups attached to an aromatic ring is 1. The van der Waals surface area contributed by atoms with Crippen molar-refractivity contribution in [1.29, 1.82) is 0 Å². The number of hydrazine groups is 1. The molecule has 8 heteroatoms. The first-order chi connectivity index (χ1) is 8.70. The molecule has 7 nitrogen and oxygen atoms in total. The minimum atomic E-state index is -0.432. The van der Waals surface area contributed by atoms with Crippen molar-refractivity contribution in [3.8, 4) is 0 Å². The highest BCUT2D eigenvalue weighted by Crippen LogP contribution is 2.24. The first-order valence-corrected chi connectivity index (χ1v) is 6.82. The van der Waals surface area contributed by atoms with Gasteiger partial charge >= 0.3 is 0 Å². The molecule has 0 saturated carbocycles. The Kier molecular flexibility index (Phi) is 4.21. The van der Waals surface area contributed by atoms with Crippen LogP contribution in [0, 0.1) is 10.1 Å². The second kappa shape index (κ2) is 5.87. The Labute approximate surface area is 109 Å². The number of nitrogens with zero attached hydrogens (tertiary/aromatic N) is 3. The van der Waals surface area contributed by atoms with Crippen LogP contribution >= 0.6 is 11.8 Å². The number of hydrogen-bond acceptors (Lipinski definition) is 7. The summed E-state index contributed by atoms with van der Waals surface area (Å²) in [6.07, 6.45) is 1.06. The standard InChI is InChI=1S/C10H15N5O2S/c11-13-9-6-8(15(16)17)7-10(12-9)14-2-1-4-18-5-3-14/h6-7H,1-5,11H2,(H,12,13). The van der Waals surface area contributed by atoms with Gasteiger partial charge in [0.2, 0.25) is 0 Å². The molecule has 0 bridgehead atoms. The maximum Gasteiger partial charge on any atom is 0.276 e. The Morgan fingerprint density at radius 3 is 3.00 bits per heavy atom. The van der Waals surface area contributed by atoms with Crippen molar-refractivity contribution in [2.75, 3.05) is 34.9 Å². The minimum Gasteiger partial charge on any atom is -0.355 e. The number of rotatable bonds is 3. The lowest BCUT2D eigenvalue weighted by Crippen LogP contribution is -2.27. The summed E-state index contributed by atoms with van der Waals surface area (Å²) in [6, 6.07) is 2.83. The van der Waals surface area contributed by atoms with Gasteiger partial charge in [0.15, 0.2) is 0 Å². The van der Waals surface area contributed by atoms with E-state index in [4.69, 9.17) is 5.84 Å². The molecule has 0 spiro atoms. The van der Waals surface area contributed by atoms with Crippen LogP contribution in [0.15, 0.2) is 12.1 Å². The zero-order valence-electron chi connectivity index (χ0n) is 9.83. The summed E-state index contributed by atoms with van der Waals surface area (Å²) in [5.74, 6) is 8.35. The van der Waals surface area contributed by atoms with Gasteiger partial charge in [-0.3, -0.25) is 10.1 Å². The van der Waals surface area contributed by atoms with Crippen LogP contribution in [0.25, 0.3) is 0 Å². The molecule has 0 atom stereocenters. The smallest absolute Gasteiger partial charge is 0.276 e. The summed E-state index contributed by atoms with van der Waals surface area (Å²) in [7, 11) is 0. The molecule has 1 saturated heterocycles. The molecule has 2 rings (SSSR count). The van der Waals surface area contributed by atoms with Crippen LogP contribution in [0.3, 0.4) is 0 Å². The van der Waals surface area contributed by atoms with Gasteiger partial charge in [0.05, 0.1) is 17.1 Å². The number of pyridine rings is 1. The van der Waals surface area contributed by atoms with Crippen LogP contribution in [0.4, 0.5) is 17.3 Å². The Bertz CT molecular complexity index is 434. The number of nitro groups is 1. The van der Waals surface area contributed by atoms with Gasteiger partial charge in [-0.25, -0.2) is 10.8 Å². The van der Waals surface area contributed by atoms with Gasteiger partial charge in [-0.05, 0) is 12.2 Å². The zero-order valence-corrected chi connectivity index (χ0v) is 10.7. The highest BCUT2D eigenvalue weighted by Gasteiger charge is 2.16. The first kappa shape index (κ1) is 12.9.